The number of carbonyl (C=O) groups is 1. The molecule has 1 saturated heterocycles. The lowest BCUT2D eigenvalue weighted by Gasteiger charge is -2.44. The van der Waals surface area contributed by atoms with E-state index in [1.165, 1.54) is 12.1 Å². The molecule has 1 aliphatic heterocycles. The van der Waals surface area contributed by atoms with Crippen molar-refractivity contribution in [3.05, 3.63) is 89.9 Å². The number of hydrogen-bond donors (Lipinski definition) is 0. The third-order valence-corrected chi connectivity index (χ3v) is 8.67. The molecule has 43 heavy (non-hydrogen) atoms. The van der Waals surface area contributed by atoms with Gasteiger partial charge in [-0.2, -0.15) is 0 Å². The quantitative estimate of drug-likeness (QED) is 0.180. The fourth-order valence-corrected chi connectivity index (χ4v) is 6.57. The highest BCUT2D eigenvalue weighted by Gasteiger charge is 2.50. The molecule has 0 bridgehead atoms. The van der Waals surface area contributed by atoms with Gasteiger partial charge in [0.25, 0.3) is 0 Å². The molecule has 1 aliphatic carbocycles. The molecule has 224 valence electrons. The third-order valence-electron chi connectivity index (χ3n) is 8.67. The molecule has 1 spiro atoms. The zero-order valence-electron chi connectivity index (χ0n) is 25.1. The maximum absolute atomic E-state index is 13.9. The van der Waals surface area contributed by atoms with Crippen molar-refractivity contribution in [1.29, 1.82) is 0 Å². The molecular weight excluding hydrogens is 543 g/mol. The maximum atomic E-state index is 13.9. The van der Waals surface area contributed by atoms with Crippen LogP contribution >= 0.6 is 0 Å². The fourth-order valence-electron chi connectivity index (χ4n) is 6.57. The van der Waals surface area contributed by atoms with Crippen LogP contribution in [0.3, 0.4) is 0 Å². The van der Waals surface area contributed by atoms with E-state index in [1.807, 2.05) is 61.5 Å². The Bertz CT molecular complexity index is 1580. The number of likely N-dealkylation sites (tertiary alicyclic amines) is 1. The molecule has 6 rings (SSSR count). The van der Waals surface area contributed by atoms with Gasteiger partial charge in [-0.25, -0.2) is 9.37 Å². The van der Waals surface area contributed by atoms with Gasteiger partial charge in [-0.15, -0.1) is 0 Å². The number of aromatic nitrogens is 1. The topological polar surface area (TPSA) is 60.9 Å². The Morgan fingerprint density at radius 1 is 1.05 bits per heavy atom. The van der Waals surface area contributed by atoms with Gasteiger partial charge >= 0.3 is 5.97 Å². The largest absolute Gasteiger partial charge is 0.489 e. The van der Waals surface area contributed by atoms with Crippen molar-refractivity contribution in [3.63, 3.8) is 0 Å². The van der Waals surface area contributed by atoms with E-state index in [2.05, 4.69) is 24.8 Å². The first-order valence-electron chi connectivity index (χ1n) is 15.3. The molecule has 0 atom stereocenters. The smallest absolute Gasteiger partial charge is 0.320 e. The van der Waals surface area contributed by atoms with Crippen molar-refractivity contribution in [3.8, 4) is 22.8 Å². The number of nitrogens with zero attached hydrogens (tertiary/aromatic N) is 2. The highest BCUT2D eigenvalue weighted by atomic mass is 19.1. The van der Waals surface area contributed by atoms with Crippen LogP contribution in [0, 0.1) is 11.2 Å². The summed E-state index contributed by atoms with van der Waals surface area (Å²) in [6, 6.07) is 22.8. The lowest BCUT2D eigenvalue weighted by atomic mass is 9.66. The number of benzene rings is 3. The van der Waals surface area contributed by atoms with Crippen LogP contribution in [0.2, 0.25) is 0 Å². The van der Waals surface area contributed by atoms with Crippen LogP contribution in [0.25, 0.3) is 21.9 Å². The molecule has 0 unspecified atom stereocenters. The Labute approximate surface area is 252 Å². The Morgan fingerprint density at radius 2 is 1.81 bits per heavy atom. The Morgan fingerprint density at radius 3 is 2.53 bits per heavy atom. The molecule has 0 amide bonds. The first kappa shape index (κ1) is 29.1. The highest BCUT2D eigenvalue weighted by Crippen LogP contribution is 2.50. The van der Waals surface area contributed by atoms with Gasteiger partial charge in [0, 0.05) is 17.5 Å². The summed E-state index contributed by atoms with van der Waals surface area (Å²) in [5, 5.41) is 1.88. The standard InChI is InChI=1S/C36H39FN2O4/c1-4-41-32(40)21-39-17-16-36(23-39)19-29(20-36)43-35-31-18-28(42-22-25-8-6-5-7-9-25)14-15-30(31)33(34(38-35)24(2)3)26-10-12-27(37)13-11-26/h5-15,18,24,29H,4,16-17,19-23H2,1-3H3. The van der Waals surface area contributed by atoms with Crippen molar-refractivity contribution in [2.75, 3.05) is 26.2 Å². The van der Waals surface area contributed by atoms with Gasteiger partial charge in [-0.1, -0.05) is 56.3 Å². The minimum absolute atomic E-state index is 0.0452. The Hall–Kier alpha value is -3.97. The van der Waals surface area contributed by atoms with Crippen LogP contribution in [0.4, 0.5) is 4.39 Å². The summed E-state index contributed by atoms with van der Waals surface area (Å²) in [6.45, 7) is 9.08. The second-order valence-corrected chi connectivity index (χ2v) is 12.2. The fraction of sp³-hybridized carbons (Fsp3) is 0.389. The van der Waals surface area contributed by atoms with Gasteiger partial charge in [0.15, 0.2) is 0 Å². The summed E-state index contributed by atoms with van der Waals surface area (Å²) in [6.07, 6.45) is 2.95. The van der Waals surface area contributed by atoms with E-state index in [-0.39, 0.29) is 29.2 Å². The van der Waals surface area contributed by atoms with E-state index in [4.69, 9.17) is 19.2 Å². The summed E-state index contributed by atoms with van der Waals surface area (Å²) in [7, 11) is 0. The van der Waals surface area contributed by atoms with Gasteiger partial charge in [0.1, 0.15) is 24.3 Å². The predicted octanol–water partition coefficient (Wildman–Crippen LogP) is 7.54. The van der Waals surface area contributed by atoms with E-state index in [0.29, 0.717) is 25.6 Å². The number of esters is 1. The molecule has 6 nitrogen and oxygen atoms in total. The zero-order chi connectivity index (χ0) is 30.0. The average Bonchev–Trinajstić information content (AvgIpc) is 3.40. The SMILES string of the molecule is CCOC(=O)CN1CCC2(CC(Oc3nc(C(C)C)c(-c4ccc(F)cc4)c4ccc(OCc5ccccc5)cc34)C2)C1. The monoisotopic (exact) mass is 582 g/mol. The number of fused-ring (bicyclic) bond motifs is 1. The highest BCUT2D eigenvalue weighted by molar-refractivity contribution is 6.01. The summed E-state index contributed by atoms with van der Waals surface area (Å²) in [4.78, 5) is 19.3. The molecule has 1 saturated carbocycles. The minimum atomic E-state index is -0.268. The molecule has 2 aliphatic rings. The zero-order valence-corrected chi connectivity index (χ0v) is 25.1. The Kier molecular flexibility index (Phi) is 8.35. The van der Waals surface area contributed by atoms with Crippen LogP contribution in [-0.2, 0) is 16.1 Å². The summed E-state index contributed by atoms with van der Waals surface area (Å²) < 4.78 is 31.9. The van der Waals surface area contributed by atoms with Crippen LogP contribution in [-0.4, -0.2) is 48.2 Å². The third kappa shape index (κ3) is 6.37. The van der Waals surface area contributed by atoms with Gasteiger partial charge in [0.2, 0.25) is 5.88 Å². The van der Waals surface area contributed by atoms with Crippen molar-refractivity contribution >= 4 is 16.7 Å². The van der Waals surface area contributed by atoms with Crippen LogP contribution < -0.4 is 9.47 Å². The number of carbonyl (C=O) groups excluding carboxylic acids is 1. The number of halogens is 1. The number of pyridine rings is 1. The molecule has 2 heterocycles. The summed E-state index contributed by atoms with van der Waals surface area (Å²) in [5.41, 5.74) is 4.09. The molecule has 0 N–H and O–H groups in total. The van der Waals surface area contributed by atoms with Crippen molar-refractivity contribution in [2.24, 2.45) is 5.41 Å². The lowest BCUT2D eigenvalue weighted by Crippen LogP contribution is -2.46. The lowest BCUT2D eigenvalue weighted by molar-refractivity contribution is -0.144. The molecule has 0 radical (unpaired) electrons. The van der Waals surface area contributed by atoms with Crippen molar-refractivity contribution in [2.45, 2.75) is 58.7 Å². The van der Waals surface area contributed by atoms with E-state index < -0.39 is 0 Å². The van der Waals surface area contributed by atoms with Gasteiger partial charge in [-0.3, -0.25) is 9.69 Å². The predicted molar refractivity (Wildman–Crippen MR) is 166 cm³/mol. The summed E-state index contributed by atoms with van der Waals surface area (Å²) >= 11 is 0. The molecule has 1 aromatic heterocycles. The van der Waals surface area contributed by atoms with Crippen molar-refractivity contribution in [1.82, 2.24) is 9.88 Å². The molecular formula is C36H39FN2O4. The number of ether oxygens (including phenoxy) is 3. The van der Waals surface area contributed by atoms with Crippen LogP contribution in [0.1, 0.15) is 57.2 Å². The normalized spacial score (nSPS) is 20.0. The second kappa shape index (κ2) is 12.3. The van der Waals surface area contributed by atoms with E-state index in [0.717, 1.165) is 71.3 Å². The second-order valence-electron chi connectivity index (χ2n) is 12.2. The van der Waals surface area contributed by atoms with Gasteiger partial charge in [-0.05, 0) is 90.9 Å². The minimum Gasteiger partial charge on any atom is -0.489 e. The van der Waals surface area contributed by atoms with Gasteiger partial charge in [0.05, 0.1) is 18.8 Å². The average molecular weight is 583 g/mol. The maximum Gasteiger partial charge on any atom is 0.320 e. The van der Waals surface area contributed by atoms with Crippen LogP contribution in [0.5, 0.6) is 11.6 Å². The summed E-state index contributed by atoms with van der Waals surface area (Å²) in [5.74, 6) is 1.04. The molecule has 2 fully saturated rings. The van der Waals surface area contributed by atoms with Crippen molar-refractivity contribution < 1.29 is 23.4 Å². The molecule has 7 heteroatoms. The molecule has 3 aromatic carbocycles. The van der Waals surface area contributed by atoms with E-state index in [1.54, 1.807) is 0 Å². The number of hydrogen-bond acceptors (Lipinski definition) is 6. The first-order valence-corrected chi connectivity index (χ1v) is 15.3. The molecule has 4 aromatic rings. The van der Waals surface area contributed by atoms with Crippen LogP contribution in [0.15, 0.2) is 72.8 Å². The Balaban J connectivity index is 1.29. The number of rotatable bonds is 10. The van der Waals surface area contributed by atoms with Gasteiger partial charge < -0.3 is 14.2 Å². The van der Waals surface area contributed by atoms with E-state index >= 15 is 0 Å². The van der Waals surface area contributed by atoms with E-state index in [9.17, 15) is 9.18 Å². The first-order chi connectivity index (χ1) is 20.8.